The summed E-state index contributed by atoms with van der Waals surface area (Å²) in [6.07, 6.45) is 0. The van der Waals surface area contributed by atoms with Gasteiger partial charge < -0.3 is 9.67 Å². The quantitative estimate of drug-likeness (QED) is 0.654. The SMILES string of the molecule is Cc1ccc(C(=O)c2ccc(C(C)C(=O)O)n2Cc2ccccc2)cc1C. The molecule has 1 heterocycles. The molecule has 0 saturated carbocycles. The summed E-state index contributed by atoms with van der Waals surface area (Å²) >= 11 is 0. The molecule has 0 aliphatic heterocycles. The number of carbonyl (C=O) groups excluding carboxylic acids is 1. The molecule has 0 bridgehead atoms. The van der Waals surface area contributed by atoms with Crippen LogP contribution in [0.2, 0.25) is 0 Å². The highest BCUT2D eigenvalue weighted by molar-refractivity contribution is 6.08. The summed E-state index contributed by atoms with van der Waals surface area (Å²) in [5.74, 6) is -1.71. The van der Waals surface area contributed by atoms with Gasteiger partial charge in [0.2, 0.25) is 5.78 Å². The zero-order valence-corrected chi connectivity index (χ0v) is 15.8. The predicted octanol–water partition coefficient (Wildman–Crippen LogP) is 4.57. The van der Waals surface area contributed by atoms with Crippen LogP contribution in [-0.2, 0) is 11.3 Å². The molecular formula is C23H23NO3. The van der Waals surface area contributed by atoms with Crippen molar-refractivity contribution in [2.24, 2.45) is 0 Å². The van der Waals surface area contributed by atoms with Gasteiger partial charge in [-0.2, -0.15) is 0 Å². The van der Waals surface area contributed by atoms with Crippen LogP contribution in [0.1, 0.15) is 51.3 Å². The molecule has 0 amide bonds. The molecule has 0 saturated heterocycles. The largest absolute Gasteiger partial charge is 0.481 e. The van der Waals surface area contributed by atoms with E-state index in [4.69, 9.17) is 0 Å². The van der Waals surface area contributed by atoms with Gasteiger partial charge in [-0.1, -0.05) is 42.5 Å². The monoisotopic (exact) mass is 361 g/mol. The van der Waals surface area contributed by atoms with Crippen molar-refractivity contribution in [3.8, 4) is 0 Å². The van der Waals surface area contributed by atoms with E-state index in [-0.39, 0.29) is 5.78 Å². The molecule has 0 aliphatic carbocycles. The lowest BCUT2D eigenvalue weighted by Gasteiger charge is -2.16. The second-order valence-electron chi connectivity index (χ2n) is 6.90. The smallest absolute Gasteiger partial charge is 0.312 e. The van der Waals surface area contributed by atoms with E-state index in [9.17, 15) is 14.7 Å². The molecule has 1 aromatic heterocycles. The highest BCUT2D eigenvalue weighted by Gasteiger charge is 2.23. The Hall–Kier alpha value is -3.14. The van der Waals surface area contributed by atoms with Gasteiger partial charge >= 0.3 is 5.97 Å². The second-order valence-corrected chi connectivity index (χ2v) is 6.90. The van der Waals surface area contributed by atoms with Crippen molar-refractivity contribution in [2.75, 3.05) is 0 Å². The Labute approximate surface area is 159 Å². The molecule has 2 aromatic carbocycles. The van der Waals surface area contributed by atoms with Crippen LogP contribution in [0.3, 0.4) is 0 Å². The molecule has 0 radical (unpaired) electrons. The van der Waals surface area contributed by atoms with Crippen molar-refractivity contribution in [1.29, 1.82) is 0 Å². The molecule has 0 aliphatic rings. The molecule has 1 N–H and O–H groups in total. The van der Waals surface area contributed by atoms with Crippen molar-refractivity contribution >= 4 is 11.8 Å². The van der Waals surface area contributed by atoms with Gasteiger partial charge in [0.25, 0.3) is 0 Å². The van der Waals surface area contributed by atoms with Gasteiger partial charge in [0.05, 0.1) is 11.6 Å². The number of benzene rings is 2. The standard InChI is InChI=1S/C23H23NO3/c1-15-9-10-19(13-16(15)2)22(25)21-12-11-20(17(3)23(26)27)24(21)14-18-7-5-4-6-8-18/h4-13,17H,14H2,1-3H3,(H,26,27). The van der Waals surface area contributed by atoms with E-state index in [1.165, 1.54) is 0 Å². The van der Waals surface area contributed by atoms with Crippen LogP contribution >= 0.6 is 0 Å². The number of hydrogen-bond acceptors (Lipinski definition) is 2. The van der Waals surface area contributed by atoms with Crippen molar-refractivity contribution in [3.05, 3.63) is 94.3 Å². The summed E-state index contributed by atoms with van der Waals surface area (Å²) in [5.41, 5.74) is 4.94. The van der Waals surface area contributed by atoms with Crippen molar-refractivity contribution in [2.45, 2.75) is 33.2 Å². The Morgan fingerprint density at radius 3 is 2.30 bits per heavy atom. The van der Waals surface area contributed by atoms with E-state index < -0.39 is 11.9 Å². The summed E-state index contributed by atoms with van der Waals surface area (Å²) < 4.78 is 1.83. The first kappa shape index (κ1) is 18.6. The van der Waals surface area contributed by atoms with Crippen molar-refractivity contribution < 1.29 is 14.7 Å². The zero-order valence-electron chi connectivity index (χ0n) is 15.8. The number of nitrogens with zero attached hydrogens (tertiary/aromatic N) is 1. The lowest BCUT2D eigenvalue weighted by Crippen LogP contribution is -2.18. The molecule has 3 rings (SSSR count). The summed E-state index contributed by atoms with van der Waals surface area (Å²) in [6.45, 7) is 6.08. The van der Waals surface area contributed by atoms with Crippen molar-refractivity contribution in [3.63, 3.8) is 0 Å². The van der Waals surface area contributed by atoms with Gasteiger partial charge in [-0.15, -0.1) is 0 Å². The topological polar surface area (TPSA) is 59.3 Å². The Morgan fingerprint density at radius 2 is 1.67 bits per heavy atom. The fourth-order valence-corrected chi connectivity index (χ4v) is 3.16. The van der Waals surface area contributed by atoms with Crippen LogP contribution in [0.5, 0.6) is 0 Å². The minimum absolute atomic E-state index is 0.0992. The normalized spacial score (nSPS) is 12.0. The lowest BCUT2D eigenvalue weighted by atomic mass is 10.0. The summed E-state index contributed by atoms with van der Waals surface area (Å²) in [5, 5.41) is 9.46. The number of aryl methyl sites for hydroxylation is 2. The van der Waals surface area contributed by atoms with Gasteiger partial charge in [0, 0.05) is 17.8 Å². The maximum Gasteiger partial charge on any atom is 0.312 e. The van der Waals surface area contributed by atoms with Gasteiger partial charge in [-0.25, -0.2) is 0 Å². The Kier molecular flexibility index (Phi) is 5.26. The Bertz CT molecular complexity index is 986. The minimum Gasteiger partial charge on any atom is -0.481 e. The molecule has 1 unspecified atom stereocenters. The van der Waals surface area contributed by atoms with Crippen LogP contribution in [-0.4, -0.2) is 21.4 Å². The minimum atomic E-state index is -0.910. The van der Waals surface area contributed by atoms with Crippen LogP contribution in [0.25, 0.3) is 0 Å². The average molecular weight is 361 g/mol. The highest BCUT2D eigenvalue weighted by Crippen LogP contribution is 2.24. The summed E-state index contributed by atoms with van der Waals surface area (Å²) in [4.78, 5) is 24.7. The number of carboxylic acid groups (broad SMARTS) is 1. The van der Waals surface area contributed by atoms with Gasteiger partial charge in [-0.3, -0.25) is 9.59 Å². The van der Waals surface area contributed by atoms with E-state index in [1.807, 2.05) is 66.9 Å². The van der Waals surface area contributed by atoms with Crippen LogP contribution in [0.15, 0.2) is 60.7 Å². The Balaban J connectivity index is 2.07. The van der Waals surface area contributed by atoms with Crippen LogP contribution < -0.4 is 0 Å². The first-order valence-electron chi connectivity index (χ1n) is 8.96. The van der Waals surface area contributed by atoms with Gasteiger partial charge in [0.15, 0.2) is 0 Å². The second kappa shape index (κ2) is 7.62. The van der Waals surface area contributed by atoms with Gasteiger partial charge in [0.1, 0.15) is 0 Å². The zero-order chi connectivity index (χ0) is 19.6. The fourth-order valence-electron chi connectivity index (χ4n) is 3.16. The fraction of sp³-hybridized carbons (Fsp3) is 0.217. The summed E-state index contributed by atoms with van der Waals surface area (Å²) in [7, 11) is 0. The maximum absolute atomic E-state index is 13.2. The van der Waals surface area contributed by atoms with Crippen LogP contribution in [0, 0.1) is 13.8 Å². The summed E-state index contributed by atoms with van der Waals surface area (Å²) in [6, 6.07) is 18.9. The van der Waals surface area contributed by atoms with E-state index in [0.29, 0.717) is 23.5 Å². The molecule has 1 atom stereocenters. The third kappa shape index (κ3) is 3.85. The van der Waals surface area contributed by atoms with Crippen LogP contribution in [0.4, 0.5) is 0 Å². The molecule has 4 nitrogen and oxygen atoms in total. The number of hydrogen-bond donors (Lipinski definition) is 1. The number of carbonyl (C=O) groups is 2. The highest BCUT2D eigenvalue weighted by atomic mass is 16.4. The molecular weight excluding hydrogens is 338 g/mol. The number of ketones is 1. The first-order valence-corrected chi connectivity index (χ1v) is 8.96. The predicted molar refractivity (Wildman–Crippen MR) is 105 cm³/mol. The first-order chi connectivity index (χ1) is 12.9. The number of aliphatic carboxylic acids is 1. The molecule has 4 heteroatoms. The third-order valence-electron chi connectivity index (χ3n) is 5.01. The van der Waals surface area contributed by atoms with E-state index in [0.717, 1.165) is 16.7 Å². The van der Waals surface area contributed by atoms with Gasteiger partial charge in [-0.05, 0) is 55.7 Å². The van der Waals surface area contributed by atoms with E-state index in [1.54, 1.807) is 19.1 Å². The molecule has 0 spiro atoms. The number of aromatic nitrogens is 1. The maximum atomic E-state index is 13.2. The van der Waals surface area contributed by atoms with E-state index in [2.05, 4.69) is 0 Å². The average Bonchev–Trinajstić information content (AvgIpc) is 3.06. The van der Waals surface area contributed by atoms with Crippen molar-refractivity contribution in [1.82, 2.24) is 4.57 Å². The molecule has 27 heavy (non-hydrogen) atoms. The molecule has 0 fully saturated rings. The third-order valence-corrected chi connectivity index (χ3v) is 5.01. The number of rotatable bonds is 6. The Morgan fingerprint density at radius 1 is 0.963 bits per heavy atom. The lowest BCUT2D eigenvalue weighted by molar-refractivity contribution is -0.138. The van der Waals surface area contributed by atoms with E-state index >= 15 is 0 Å². The molecule has 138 valence electrons. The number of carboxylic acids is 1. The molecule has 3 aromatic rings.